The summed E-state index contributed by atoms with van der Waals surface area (Å²) in [6.07, 6.45) is 1.73. The summed E-state index contributed by atoms with van der Waals surface area (Å²) in [5, 5.41) is 1.45. The number of anilines is 1. The van der Waals surface area contributed by atoms with Crippen LogP contribution in [0.5, 0.6) is 0 Å². The van der Waals surface area contributed by atoms with Crippen molar-refractivity contribution in [2.45, 2.75) is 13.0 Å². The third kappa shape index (κ3) is 1.50. The first-order valence-corrected chi connectivity index (χ1v) is 4.83. The van der Waals surface area contributed by atoms with Crippen LogP contribution in [0.1, 0.15) is 13.0 Å². The molecule has 0 saturated carbocycles. The number of hydrogen-bond donors (Lipinski definition) is 1. The first kappa shape index (κ1) is 9.77. The van der Waals surface area contributed by atoms with E-state index in [4.69, 9.17) is 5.73 Å². The zero-order valence-electron chi connectivity index (χ0n) is 8.60. The number of benzene rings is 1. The van der Waals surface area contributed by atoms with E-state index in [0.29, 0.717) is 11.1 Å². The maximum absolute atomic E-state index is 12.0. The summed E-state index contributed by atoms with van der Waals surface area (Å²) in [6.45, 7) is 5.71. The molecule has 1 radical (unpaired) electrons. The van der Waals surface area contributed by atoms with E-state index in [9.17, 15) is 4.79 Å². The Balaban J connectivity index is 2.86. The van der Waals surface area contributed by atoms with Gasteiger partial charge in [0.05, 0.1) is 0 Å². The summed E-state index contributed by atoms with van der Waals surface area (Å²) in [4.78, 5) is 12.0. The highest BCUT2D eigenvalue weighted by atomic mass is 16.1. The molecule has 0 aliphatic rings. The Kier molecular flexibility index (Phi) is 2.23. The lowest BCUT2D eigenvalue weighted by molar-refractivity contribution is 0.636. The molecular formula is C12H13N2O. The molecule has 0 aliphatic heterocycles. The molecule has 0 spiro atoms. The number of fused-ring (bicyclic) bond motifs is 1. The summed E-state index contributed by atoms with van der Waals surface area (Å²) < 4.78 is 1.60. The Bertz CT molecular complexity index is 555. The number of nitrogen functional groups attached to an aromatic ring is 1. The monoisotopic (exact) mass is 201 g/mol. The van der Waals surface area contributed by atoms with Gasteiger partial charge in [-0.1, -0.05) is 6.07 Å². The van der Waals surface area contributed by atoms with E-state index in [1.54, 1.807) is 29.0 Å². The zero-order valence-corrected chi connectivity index (χ0v) is 8.60. The molecule has 2 N–H and O–H groups in total. The number of aromatic nitrogens is 1. The Hall–Kier alpha value is -1.77. The van der Waals surface area contributed by atoms with Gasteiger partial charge in [-0.2, -0.15) is 0 Å². The van der Waals surface area contributed by atoms with Gasteiger partial charge >= 0.3 is 0 Å². The molecule has 1 atom stereocenters. The molecule has 0 aliphatic carbocycles. The molecule has 0 bridgehead atoms. The maximum Gasteiger partial charge on any atom is 0.258 e. The van der Waals surface area contributed by atoms with Gasteiger partial charge in [-0.25, -0.2) is 0 Å². The standard InChI is InChI=1S/C12H13N2O/c1-8(2)14-7-6-9-10(12(14)15)4-3-5-11(9)13/h3-8H,1,13H2,2H3/t8-/m1/s1. The predicted octanol–water partition coefficient (Wildman–Crippen LogP) is 1.98. The van der Waals surface area contributed by atoms with Crippen molar-refractivity contribution in [2.75, 3.05) is 5.73 Å². The van der Waals surface area contributed by atoms with Crippen molar-refractivity contribution in [3.8, 4) is 0 Å². The SMILES string of the molecule is [CH2][C@H](C)n1ccc2c(N)cccc2c1=O. The van der Waals surface area contributed by atoms with Gasteiger partial charge < -0.3 is 10.3 Å². The van der Waals surface area contributed by atoms with Crippen LogP contribution in [0.3, 0.4) is 0 Å². The van der Waals surface area contributed by atoms with Crippen LogP contribution in [0.2, 0.25) is 0 Å². The predicted molar refractivity (Wildman–Crippen MR) is 62.7 cm³/mol. The third-order valence-corrected chi connectivity index (χ3v) is 2.48. The third-order valence-electron chi connectivity index (χ3n) is 2.48. The lowest BCUT2D eigenvalue weighted by atomic mass is 10.1. The van der Waals surface area contributed by atoms with Crippen LogP contribution in [0, 0.1) is 6.92 Å². The second-order valence-electron chi connectivity index (χ2n) is 3.69. The van der Waals surface area contributed by atoms with Crippen LogP contribution in [0.15, 0.2) is 35.3 Å². The molecule has 3 heteroatoms. The van der Waals surface area contributed by atoms with Crippen molar-refractivity contribution in [1.82, 2.24) is 4.57 Å². The van der Waals surface area contributed by atoms with Gasteiger partial charge in [-0.15, -0.1) is 0 Å². The number of hydrogen-bond acceptors (Lipinski definition) is 2. The van der Waals surface area contributed by atoms with Crippen LogP contribution in [0.4, 0.5) is 5.69 Å². The first-order valence-electron chi connectivity index (χ1n) is 4.83. The van der Waals surface area contributed by atoms with Crippen molar-refractivity contribution in [2.24, 2.45) is 0 Å². The van der Waals surface area contributed by atoms with Crippen LogP contribution in [0.25, 0.3) is 10.8 Å². The fraction of sp³-hybridized carbons (Fsp3) is 0.167. The highest BCUT2D eigenvalue weighted by Crippen LogP contribution is 2.17. The minimum absolute atomic E-state index is 0.0395. The van der Waals surface area contributed by atoms with E-state index in [1.165, 1.54) is 0 Å². The molecule has 0 saturated heterocycles. The Morgan fingerprint density at radius 1 is 1.33 bits per heavy atom. The second-order valence-corrected chi connectivity index (χ2v) is 3.69. The molecule has 0 unspecified atom stereocenters. The quantitative estimate of drug-likeness (QED) is 0.717. The van der Waals surface area contributed by atoms with E-state index in [2.05, 4.69) is 6.92 Å². The van der Waals surface area contributed by atoms with Crippen LogP contribution >= 0.6 is 0 Å². The number of nitrogens with zero attached hydrogens (tertiary/aromatic N) is 1. The molecule has 1 aromatic carbocycles. The van der Waals surface area contributed by atoms with E-state index >= 15 is 0 Å². The Morgan fingerprint density at radius 2 is 2.07 bits per heavy atom. The zero-order chi connectivity index (χ0) is 11.0. The number of pyridine rings is 1. The van der Waals surface area contributed by atoms with E-state index in [-0.39, 0.29) is 11.6 Å². The van der Waals surface area contributed by atoms with E-state index in [0.717, 1.165) is 5.39 Å². The minimum atomic E-state index is -0.0802. The van der Waals surface area contributed by atoms with Crippen molar-refractivity contribution >= 4 is 16.5 Å². The average molecular weight is 201 g/mol. The molecule has 3 nitrogen and oxygen atoms in total. The topological polar surface area (TPSA) is 48.0 Å². The average Bonchev–Trinajstić information content (AvgIpc) is 2.19. The molecule has 1 heterocycles. The lowest BCUT2D eigenvalue weighted by Crippen LogP contribution is -2.21. The Morgan fingerprint density at radius 3 is 2.73 bits per heavy atom. The van der Waals surface area contributed by atoms with Gasteiger partial charge in [0.1, 0.15) is 0 Å². The van der Waals surface area contributed by atoms with E-state index < -0.39 is 0 Å². The summed E-state index contributed by atoms with van der Waals surface area (Å²) in [5.74, 6) is 0. The van der Waals surface area contributed by atoms with Gasteiger partial charge in [0.2, 0.25) is 0 Å². The lowest BCUT2D eigenvalue weighted by Gasteiger charge is -2.10. The van der Waals surface area contributed by atoms with Crippen molar-refractivity contribution < 1.29 is 0 Å². The van der Waals surface area contributed by atoms with Gasteiger partial charge in [0.15, 0.2) is 0 Å². The van der Waals surface area contributed by atoms with Gasteiger partial charge in [0, 0.05) is 28.7 Å². The molecule has 0 amide bonds. The molecule has 2 aromatic rings. The fourth-order valence-corrected chi connectivity index (χ4v) is 1.66. The normalized spacial score (nSPS) is 11.1. The van der Waals surface area contributed by atoms with Gasteiger partial charge in [0.25, 0.3) is 5.56 Å². The highest BCUT2D eigenvalue weighted by Gasteiger charge is 2.06. The van der Waals surface area contributed by atoms with Crippen molar-refractivity contribution in [3.63, 3.8) is 0 Å². The number of rotatable bonds is 1. The maximum atomic E-state index is 12.0. The molecule has 77 valence electrons. The van der Waals surface area contributed by atoms with E-state index in [1.807, 2.05) is 13.0 Å². The minimum Gasteiger partial charge on any atom is -0.398 e. The van der Waals surface area contributed by atoms with Crippen molar-refractivity contribution in [1.29, 1.82) is 0 Å². The van der Waals surface area contributed by atoms with Crippen LogP contribution in [-0.2, 0) is 0 Å². The summed E-state index contributed by atoms with van der Waals surface area (Å²) in [5.41, 5.74) is 6.38. The summed E-state index contributed by atoms with van der Waals surface area (Å²) in [7, 11) is 0. The highest BCUT2D eigenvalue weighted by molar-refractivity contribution is 5.91. The smallest absolute Gasteiger partial charge is 0.258 e. The summed E-state index contributed by atoms with van der Waals surface area (Å²) in [6, 6.07) is 7.14. The van der Waals surface area contributed by atoms with Gasteiger partial charge in [-0.3, -0.25) is 4.79 Å². The van der Waals surface area contributed by atoms with Crippen LogP contribution in [-0.4, -0.2) is 4.57 Å². The molecule has 2 rings (SSSR count). The van der Waals surface area contributed by atoms with Crippen LogP contribution < -0.4 is 11.3 Å². The second kappa shape index (κ2) is 3.42. The van der Waals surface area contributed by atoms with Crippen molar-refractivity contribution in [3.05, 3.63) is 47.7 Å². The molecule has 15 heavy (non-hydrogen) atoms. The number of nitrogens with two attached hydrogens (primary N) is 1. The molecule has 0 fully saturated rings. The molecule has 1 aromatic heterocycles. The summed E-state index contributed by atoms with van der Waals surface area (Å²) >= 11 is 0. The largest absolute Gasteiger partial charge is 0.398 e. The molecular weight excluding hydrogens is 188 g/mol. The van der Waals surface area contributed by atoms with Gasteiger partial charge in [-0.05, 0) is 32.0 Å². The fourth-order valence-electron chi connectivity index (χ4n) is 1.66. The Labute approximate surface area is 88.1 Å². The first-order chi connectivity index (χ1) is 7.11.